The highest BCUT2D eigenvalue weighted by Gasteiger charge is 2.19. The zero-order chi connectivity index (χ0) is 20.0. The summed E-state index contributed by atoms with van der Waals surface area (Å²) in [6.07, 6.45) is 1.77. The van der Waals surface area contributed by atoms with Crippen molar-refractivity contribution < 1.29 is 9.59 Å². The van der Waals surface area contributed by atoms with Crippen LogP contribution in [0.2, 0.25) is 0 Å². The average Bonchev–Trinajstić information content (AvgIpc) is 3.02. The van der Waals surface area contributed by atoms with Crippen LogP contribution < -0.4 is 5.32 Å². The first-order chi connectivity index (χ1) is 12.8. The number of carbonyl (C=O) groups is 2. The van der Waals surface area contributed by atoms with Crippen molar-refractivity contribution in [1.82, 2.24) is 25.0 Å². The highest BCUT2D eigenvalue weighted by Crippen LogP contribution is 2.24. The maximum atomic E-state index is 12.2. The fourth-order valence-electron chi connectivity index (χ4n) is 2.55. The van der Waals surface area contributed by atoms with Gasteiger partial charge < -0.3 is 10.2 Å². The average molecular weight is 388 g/mol. The van der Waals surface area contributed by atoms with E-state index in [1.807, 2.05) is 35.8 Å². The maximum Gasteiger partial charge on any atom is 0.244 e. The lowest BCUT2D eigenvalue weighted by Crippen LogP contribution is -2.44. The number of rotatable bonds is 8. The van der Waals surface area contributed by atoms with Crippen LogP contribution in [0.4, 0.5) is 0 Å². The van der Waals surface area contributed by atoms with Gasteiger partial charge in [0.25, 0.3) is 0 Å². The van der Waals surface area contributed by atoms with Crippen LogP contribution >= 0.6 is 11.8 Å². The quantitative estimate of drug-likeness (QED) is 0.554. The van der Waals surface area contributed by atoms with E-state index in [-0.39, 0.29) is 17.6 Å². The predicted octanol–water partition coefficient (Wildman–Crippen LogP) is 2.12. The third-order valence-corrected chi connectivity index (χ3v) is 4.79. The van der Waals surface area contributed by atoms with Gasteiger partial charge in [-0.1, -0.05) is 41.6 Å². The summed E-state index contributed by atoms with van der Waals surface area (Å²) < 4.78 is 1.92. The van der Waals surface area contributed by atoms with Crippen LogP contribution in [0.1, 0.15) is 12.5 Å². The number of aryl methyl sites for hydroxylation is 1. The summed E-state index contributed by atoms with van der Waals surface area (Å²) in [5.74, 6) is 0.504. The monoisotopic (exact) mass is 387 g/mol. The summed E-state index contributed by atoms with van der Waals surface area (Å²) in [5.41, 5.74) is 2.10. The Morgan fingerprint density at radius 2 is 2.11 bits per heavy atom. The summed E-state index contributed by atoms with van der Waals surface area (Å²) in [4.78, 5) is 25.5. The molecule has 1 aromatic heterocycles. The van der Waals surface area contributed by atoms with Crippen LogP contribution in [-0.2, 0) is 16.1 Å². The third kappa shape index (κ3) is 5.43. The lowest BCUT2D eigenvalue weighted by atomic mass is 10.1. The Hall–Kier alpha value is -2.61. The molecule has 27 heavy (non-hydrogen) atoms. The van der Waals surface area contributed by atoms with E-state index in [0.29, 0.717) is 11.7 Å². The number of hydrogen-bond donors (Lipinski definition) is 1. The molecule has 7 nitrogen and oxygen atoms in total. The van der Waals surface area contributed by atoms with Gasteiger partial charge in [-0.2, -0.15) is 0 Å². The molecule has 0 aliphatic rings. The second kappa shape index (κ2) is 9.36. The van der Waals surface area contributed by atoms with E-state index in [4.69, 9.17) is 0 Å². The summed E-state index contributed by atoms with van der Waals surface area (Å²) in [5, 5.41) is 11.8. The van der Waals surface area contributed by atoms with Gasteiger partial charge in [0.2, 0.25) is 11.8 Å². The SMILES string of the molecule is C=CCn1c(SCC(=O)NC(C)C(=O)N(C)C)nnc1-c1cccc(C)c1. The van der Waals surface area contributed by atoms with Crippen molar-refractivity contribution in [2.24, 2.45) is 0 Å². The molecule has 0 fully saturated rings. The highest BCUT2D eigenvalue weighted by atomic mass is 32.2. The minimum absolute atomic E-state index is 0.147. The largest absolute Gasteiger partial charge is 0.347 e. The number of thioether (sulfide) groups is 1. The second-order valence-electron chi connectivity index (χ2n) is 6.39. The lowest BCUT2D eigenvalue weighted by molar-refractivity contribution is -0.133. The fourth-order valence-corrected chi connectivity index (χ4v) is 3.31. The van der Waals surface area contributed by atoms with Gasteiger partial charge in [-0.25, -0.2) is 0 Å². The third-order valence-electron chi connectivity index (χ3n) is 3.83. The van der Waals surface area contributed by atoms with E-state index >= 15 is 0 Å². The van der Waals surface area contributed by atoms with Crippen LogP contribution in [0, 0.1) is 6.92 Å². The molecule has 2 amide bonds. The van der Waals surface area contributed by atoms with Crippen molar-refractivity contribution in [2.75, 3.05) is 19.8 Å². The number of amides is 2. The van der Waals surface area contributed by atoms with Crippen molar-refractivity contribution in [3.8, 4) is 11.4 Å². The lowest BCUT2D eigenvalue weighted by Gasteiger charge is -2.17. The Kier molecular flexibility index (Phi) is 7.18. The summed E-state index contributed by atoms with van der Waals surface area (Å²) >= 11 is 1.28. The highest BCUT2D eigenvalue weighted by molar-refractivity contribution is 7.99. The first-order valence-corrected chi connectivity index (χ1v) is 9.56. The van der Waals surface area contributed by atoms with Gasteiger partial charge in [-0.3, -0.25) is 14.2 Å². The molecule has 0 bridgehead atoms. The van der Waals surface area contributed by atoms with Crippen LogP contribution in [0.25, 0.3) is 11.4 Å². The number of nitrogens with one attached hydrogen (secondary N) is 1. The molecular formula is C19H25N5O2S. The minimum Gasteiger partial charge on any atom is -0.347 e. The number of aromatic nitrogens is 3. The van der Waals surface area contributed by atoms with E-state index in [9.17, 15) is 9.59 Å². The summed E-state index contributed by atoms with van der Waals surface area (Å²) in [6.45, 7) is 8.02. The molecule has 1 unspecified atom stereocenters. The molecule has 0 aliphatic carbocycles. The van der Waals surface area contributed by atoms with Crippen molar-refractivity contribution >= 4 is 23.6 Å². The Bertz CT molecular complexity index is 831. The number of likely N-dealkylation sites (N-methyl/N-ethyl adjacent to an activating group) is 1. The molecule has 1 heterocycles. The molecule has 2 rings (SSSR count). The second-order valence-corrected chi connectivity index (χ2v) is 7.33. The van der Waals surface area contributed by atoms with E-state index < -0.39 is 6.04 Å². The van der Waals surface area contributed by atoms with Gasteiger partial charge in [-0.05, 0) is 19.9 Å². The molecule has 144 valence electrons. The van der Waals surface area contributed by atoms with Gasteiger partial charge in [-0.15, -0.1) is 16.8 Å². The van der Waals surface area contributed by atoms with Crippen molar-refractivity contribution in [1.29, 1.82) is 0 Å². The Balaban J connectivity index is 2.09. The summed E-state index contributed by atoms with van der Waals surface area (Å²) in [6, 6.07) is 7.45. The number of nitrogens with zero attached hydrogens (tertiary/aromatic N) is 4. The van der Waals surface area contributed by atoms with Gasteiger partial charge in [0.05, 0.1) is 5.75 Å². The van der Waals surface area contributed by atoms with E-state index in [1.54, 1.807) is 27.1 Å². The molecule has 1 atom stereocenters. The zero-order valence-corrected chi connectivity index (χ0v) is 16.9. The number of allylic oxidation sites excluding steroid dienone is 1. The Labute approximate surface area is 163 Å². The molecule has 0 saturated heterocycles. The van der Waals surface area contributed by atoms with E-state index in [2.05, 4.69) is 22.1 Å². The standard InChI is InChI=1S/C19H25N5O2S/c1-6-10-24-17(15-9-7-8-13(2)11-15)21-22-19(24)27-12-16(25)20-14(3)18(26)23(4)5/h6-9,11,14H,1,10,12H2,2-5H3,(H,20,25). The molecule has 1 N–H and O–H groups in total. The smallest absolute Gasteiger partial charge is 0.244 e. The van der Waals surface area contributed by atoms with Gasteiger partial charge in [0.15, 0.2) is 11.0 Å². The maximum absolute atomic E-state index is 12.2. The molecule has 0 spiro atoms. The van der Waals surface area contributed by atoms with Crippen LogP contribution in [0.3, 0.4) is 0 Å². The Morgan fingerprint density at radius 1 is 1.37 bits per heavy atom. The molecule has 0 aliphatic heterocycles. The first kappa shape index (κ1) is 20.7. The van der Waals surface area contributed by atoms with Crippen molar-refractivity contribution in [3.05, 3.63) is 42.5 Å². The van der Waals surface area contributed by atoms with Crippen molar-refractivity contribution in [3.63, 3.8) is 0 Å². The predicted molar refractivity (Wildman–Crippen MR) is 107 cm³/mol. The van der Waals surface area contributed by atoms with Gasteiger partial charge in [0, 0.05) is 26.2 Å². The molecule has 2 aromatic rings. The molecule has 8 heteroatoms. The topological polar surface area (TPSA) is 80.1 Å². The molecule has 0 radical (unpaired) electrons. The van der Waals surface area contributed by atoms with E-state index in [0.717, 1.165) is 17.0 Å². The fraction of sp³-hybridized carbons (Fsp3) is 0.368. The molecular weight excluding hydrogens is 362 g/mol. The summed E-state index contributed by atoms with van der Waals surface area (Å²) in [7, 11) is 3.31. The molecule has 1 aromatic carbocycles. The first-order valence-electron chi connectivity index (χ1n) is 8.58. The van der Waals surface area contributed by atoms with E-state index in [1.165, 1.54) is 16.7 Å². The number of benzene rings is 1. The van der Waals surface area contributed by atoms with Gasteiger partial charge >= 0.3 is 0 Å². The number of carbonyl (C=O) groups excluding carboxylic acids is 2. The van der Waals surface area contributed by atoms with Crippen LogP contribution in [0.15, 0.2) is 42.1 Å². The normalized spacial score (nSPS) is 11.7. The minimum atomic E-state index is -0.568. The number of hydrogen-bond acceptors (Lipinski definition) is 5. The van der Waals surface area contributed by atoms with Gasteiger partial charge in [0.1, 0.15) is 6.04 Å². The zero-order valence-electron chi connectivity index (χ0n) is 16.1. The van der Waals surface area contributed by atoms with Crippen molar-refractivity contribution in [2.45, 2.75) is 31.6 Å². The van der Waals surface area contributed by atoms with Crippen LogP contribution in [-0.4, -0.2) is 57.4 Å². The Morgan fingerprint density at radius 3 is 2.74 bits per heavy atom. The molecule has 0 saturated carbocycles. The van der Waals surface area contributed by atoms with Crippen LogP contribution in [0.5, 0.6) is 0 Å².